The van der Waals surface area contributed by atoms with Crippen LogP contribution in [0, 0.1) is 0 Å². The number of carbonyl (C=O) groups is 2. The van der Waals surface area contributed by atoms with Crippen LogP contribution in [0.25, 0.3) is 0 Å². The molecule has 0 aliphatic heterocycles. The Labute approximate surface area is 197 Å². The summed E-state index contributed by atoms with van der Waals surface area (Å²) >= 11 is 0. The summed E-state index contributed by atoms with van der Waals surface area (Å²) in [7, 11) is 1.29. The minimum atomic E-state index is -0.582. The first kappa shape index (κ1) is 22.6. The topological polar surface area (TPSA) is 73.9 Å². The predicted molar refractivity (Wildman–Crippen MR) is 129 cm³/mol. The number of benzene rings is 4. The fraction of sp³-hybridized carbons (Fsp3) is 0.0714. The predicted octanol–water partition coefficient (Wildman–Crippen LogP) is 6.10. The van der Waals surface area contributed by atoms with Crippen molar-refractivity contribution in [1.82, 2.24) is 0 Å². The van der Waals surface area contributed by atoms with Crippen LogP contribution in [0.5, 0.6) is 17.2 Å². The van der Waals surface area contributed by atoms with Crippen LogP contribution in [0.2, 0.25) is 0 Å². The summed E-state index contributed by atoms with van der Waals surface area (Å²) in [5.74, 6) is 0.708. The van der Waals surface area contributed by atoms with Crippen molar-refractivity contribution in [3.05, 3.63) is 120 Å². The summed E-state index contributed by atoms with van der Waals surface area (Å²) in [4.78, 5) is 25.3. The molecule has 0 aliphatic rings. The van der Waals surface area contributed by atoms with Crippen LogP contribution in [0.4, 0.5) is 5.69 Å². The van der Waals surface area contributed by atoms with Gasteiger partial charge in [-0.3, -0.25) is 4.79 Å². The van der Waals surface area contributed by atoms with Crippen molar-refractivity contribution >= 4 is 17.6 Å². The molecule has 6 nitrogen and oxygen atoms in total. The molecule has 0 heterocycles. The molecule has 0 aromatic heterocycles. The number of hydrogen-bond donors (Lipinski definition) is 1. The largest absolute Gasteiger partial charge is 0.489 e. The van der Waals surface area contributed by atoms with Crippen molar-refractivity contribution in [2.45, 2.75) is 6.61 Å². The van der Waals surface area contributed by atoms with Crippen molar-refractivity contribution in [3.8, 4) is 17.2 Å². The standard InChI is InChI=1S/C28H23NO5/c1-32-28(31)25-18-23(33-19-20-9-4-2-5-10-20)15-16-26(25)29-27(30)21-11-8-14-24(17-21)34-22-12-6-3-7-13-22/h2-18H,19H2,1H3,(H,29,30). The molecule has 1 N–H and O–H groups in total. The number of nitrogens with one attached hydrogen (secondary N) is 1. The van der Waals surface area contributed by atoms with Gasteiger partial charge < -0.3 is 19.5 Å². The molecule has 0 saturated heterocycles. The molecular formula is C28H23NO5. The number of para-hydroxylation sites is 1. The highest BCUT2D eigenvalue weighted by Crippen LogP contribution is 2.26. The van der Waals surface area contributed by atoms with E-state index in [0.29, 0.717) is 35.1 Å². The molecule has 34 heavy (non-hydrogen) atoms. The van der Waals surface area contributed by atoms with E-state index < -0.39 is 5.97 Å². The molecule has 0 atom stereocenters. The van der Waals surface area contributed by atoms with Crippen LogP contribution in [-0.4, -0.2) is 19.0 Å². The van der Waals surface area contributed by atoms with Crippen LogP contribution in [-0.2, 0) is 11.3 Å². The van der Waals surface area contributed by atoms with Crippen molar-refractivity contribution < 1.29 is 23.8 Å². The van der Waals surface area contributed by atoms with E-state index in [-0.39, 0.29) is 11.5 Å². The van der Waals surface area contributed by atoms with Gasteiger partial charge in [0.2, 0.25) is 0 Å². The van der Waals surface area contributed by atoms with Gasteiger partial charge in [-0.05, 0) is 54.1 Å². The molecule has 4 aromatic rings. The van der Waals surface area contributed by atoms with Gasteiger partial charge in [-0.15, -0.1) is 0 Å². The molecule has 0 saturated carbocycles. The first-order chi connectivity index (χ1) is 16.6. The molecule has 1 amide bonds. The van der Waals surface area contributed by atoms with Gasteiger partial charge in [0.05, 0.1) is 18.4 Å². The number of hydrogen-bond acceptors (Lipinski definition) is 5. The van der Waals surface area contributed by atoms with Crippen LogP contribution >= 0.6 is 0 Å². The van der Waals surface area contributed by atoms with Crippen LogP contribution in [0.15, 0.2) is 103 Å². The van der Waals surface area contributed by atoms with Gasteiger partial charge in [0.15, 0.2) is 0 Å². The van der Waals surface area contributed by atoms with E-state index in [9.17, 15) is 9.59 Å². The lowest BCUT2D eigenvalue weighted by Crippen LogP contribution is -2.15. The van der Waals surface area contributed by atoms with Gasteiger partial charge in [0.25, 0.3) is 5.91 Å². The summed E-state index contributed by atoms with van der Waals surface area (Å²) in [6.45, 7) is 0.349. The molecule has 170 valence electrons. The zero-order valence-electron chi connectivity index (χ0n) is 18.6. The SMILES string of the molecule is COC(=O)c1cc(OCc2ccccc2)ccc1NC(=O)c1cccc(Oc2ccccc2)c1. The average Bonchev–Trinajstić information content (AvgIpc) is 2.89. The minimum absolute atomic E-state index is 0.193. The number of carbonyl (C=O) groups excluding carboxylic acids is 2. The van der Waals surface area contributed by atoms with Crippen molar-refractivity contribution in [2.24, 2.45) is 0 Å². The van der Waals surface area contributed by atoms with Crippen LogP contribution in [0.1, 0.15) is 26.3 Å². The normalized spacial score (nSPS) is 10.3. The molecule has 0 unspecified atom stereocenters. The van der Waals surface area contributed by atoms with Gasteiger partial charge >= 0.3 is 5.97 Å². The van der Waals surface area contributed by atoms with Crippen LogP contribution in [0.3, 0.4) is 0 Å². The highest BCUT2D eigenvalue weighted by atomic mass is 16.5. The third-order valence-corrected chi connectivity index (χ3v) is 4.97. The number of amides is 1. The number of ether oxygens (including phenoxy) is 3. The minimum Gasteiger partial charge on any atom is -0.489 e. The Morgan fingerprint density at radius 1 is 0.735 bits per heavy atom. The fourth-order valence-corrected chi connectivity index (χ4v) is 3.26. The Balaban J connectivity index is 1.50. The smallest absolute Gasteiger partial charge is 0.340 e. The maximum atomic E-state index is 12.9. The Hall–Kier alpha value is -4.58. The quantitative estimate of drug-likeness (QED) is 0.327. The summed E-state index contributed by atoms with van der Waals surface area (Å²) in [6, 6.07) is 30.7. The van der Waals surface area contributed by atoms with E-state index in [2.05, 4.69) is 5.32 Å². The summed E-state index contributed by atoms with van der Waals surface area (Å²) in [5.41, 5.74) is 1.89. The summed E-state index contributed by atoms with van der Waals surface area (Å²) in [5, 5.41) is 2.78. The maximum absolute atomic E-state index is 12.9. The zero-order chi connectivity index (χ0) is 23.8. The second-order valence-corrected chi connectivity index (χ2v) is 7.37. The highest BCUT2D eigenvalue weighted by Gasteiger charge is 2.17. The molecule has 0 radical (unpaired) electrons. The number of methoxy groups -OCH3 is 1. The van der Waals surface area contributed by atoms with Crippen molar-refractivity contribution in [3.63, 3.8) is 0 Å². The van der Waals surface area contributed by atoms with E-state index in [0.717, 1.165) is 5.56 Å². The lowest BCUT2D eigenvalue weighted by molar-refractivity contribution is 0.0601. The Morgan fingerprint density at radius 3 is 2.18 bits per heavy atom. The second kappa shape index (κ2) is 10.8. The number of rotatable bonds is 8. The molecule has 4 rings (SSSR count). The number of anilines is 1. The Bertz CT molecular complexity index is 1270. The molecule has 4 aromatic carbocycles. The second-order valence-electron chi connectivity index (χ2n) is 7.37. The third-order valence-electron chi connectivity index (χ3n) is 4.97. The monoisotopic (exact) mass is 453 g/mol. The lowest BCUT2D eigenvalue weighted by atomic mass is 10.1. The van der Waals surface area contributed by atoms with Gasteiger partial charge in [0.1, 0.15) is 23.9 Å². The maximum Gasteiger partial charge on any atom is 0.340 e. The highest BCUT2D eigenvalue weighted by molar-refractivity contribution is 6.08. The lowest BCUT2D eigenvalue weighted by Gasteiger charge is -2.13. The van der Waals surface area contributed by atoms with Gasteiger partial charge in [-0.2, -0.15) is 0 Å². The van der Waals surface area contributed by atoms with E-state index in [1.807, 2.05) is 60.7 Å². The molecule has 6 heteroatoms. The fourth-order valence-electron chi connectivity index (χ4n) is 3.26. The van der Waals surface area contributed by atoms with Crippen molar-refractivity contribution in [1.29, 1.82) is 0 Å². The van der Waals surface area contributed by atoms with Gasteiger partial charge in [-0.25, -0.2) is 4.79 Å². The van der Waals surface area contributed by atoms with Crippen LogP contribution < -0.4 is 14.8 Å². The first-order valence-electron chi connectivity index (χ1n) is 10.7. The third kappa shape index (κ3) is 5.81. The van der Waals surface area contributed by atoms with E-state index in [1.54, 1.807) is 42.5 Å². The summed E-state index contributed by atoms with van der Waals surface area (Å²) in [6.07, 6.45) is 0. The zero-order valence-corrected chi connectivity index (χ0v) is 18.6. The Morgan fingerprint density at radius 2 is 1.44 bits per heavy atom. The van der Waals surface area contributed by atoms with E-state index >= 15 is 0 Å². The van der Waals surface area contributed by atoms with Crippen molar-refractivity contribution in [2.75, 3.05) is 12.4 Å². The average molecular weight is 453 g/mol. The summed E-state index contributed by atoms with van der Waals surface area (Å²) < 4.78 is 16.5. The van der Waals surface area contributed by atoms with E-state index in [4.69, 9.17) is 14.2 Å². The van der Waals surface area contributed by atoms with Gasteiger partial charge in [0, 0.05) is 5.56 Å². The Kier molecular flexibility index (Phi) is 7.20. The molecular weight excluding hydrogens is 430 g/mol. The molecule has 0 aliphatic carbocycles. The first-order valence-corrected chi connectivity index (χ1v) is 10.7. The van der Waals surface area contributed by atoms with Gasteiger partial charge in [-0.1, -0.05) is 54.6 Å². The van der Waals surface area contributed by atoms with E-state index in [1.165, 1.54) is 7.11 Å². The number of esters is 1. The molecule has 0 spiro atoms. The molecule has 0 bridgehead atoms. The molecule has 0 fully saturated rings.